The van der Waals surface area contributed by atoms with Gasteiger partial charge in [0.1, 0.15) is 0 Å². The van der Waals surface area contributed by atoms with Gasteiger partial charge < -0.3 is 4.57 Å². The Morgan fingerprint density at radius 1 is 0.373 bits per heavy atom. The zero-order valence-corrected chi connectivity index (χ0v) is 28.2. The third-order valence-corrected chi connectivity index (χ3v) is 10.8. The quantitative estimate of drug-likeness (QED) is 0.175. The summed E-state index contributed by atoms with van der Waals surface area (Å²) in [6.45, 7) is 0. The molecule has 9 aromatic rings. The van der Waals surface area contributed by atoms with Gasteiger partial charge >= 0.3 is 0 Å². The first-order valence-electron chi connectivity index (χ1n) is 17.9. The van der Waals surface area contributed by atoms with E-state index in [0.717, 1.165) is 6.42 Å². The van der Waals surface area contributed by atoms with Crippen molar-refractivity contribution < 1.29 is 0 Å². The lowest BCUT2D eigenvalue weighted by atomic mass is 9.75. The van der Waals surface area contributed by atoms with Crippen molar-refractivity contribution in [2.75, 3.05) is 0 Å². The maximum Gasteiger partial charge on any atom is 0.0541 e. The maximum atomic E-state index is 2.43. The summed E-state index contributed by atoms with van der Waals surface area (Å²) in [7, 11) is 0. The number of hydrogen-bond acceptors (Lipinski definition) is 0. The van der Waals surface area contributed by atoms with Crippen LogP contribution in [0.4, 0.5) is 0 Å². The summed E-state index contributed by atoms with van der Waals surface area (Å²) in [5.74, 6) is 0.306. The molecule has 0 amide bonds. The van der Waals surface area contributed by atoms with E-state index in [0.29, 0.717) is 5.92 Å². The van der Waals surface area contributed by atoms with E-state index in [2.05, 4.69) is 199 Å². The molecule has 0 spiro atoms. The molecule has 1 unspecified atom stereocenters. The second kappa shape index (κ2) is 12.2. The van der Waals surface area contributed by atoms with Crippen LogP contribution < -0.4 is 0 Å². The van der Waals surface area contributed by atoms with Gasteiger partial charge in [0.15, 0.2) is 0 Å². The van der Waals surface area contributed by atoms with Crippen LogP contribution in [-0.4, -0.2) is 4.57 Å². The number of rotatable bonds is 5. The fourth-order valence-electron chi connectivity index (χ4n) is 8.29. The molecule has 0 N–H and O–H groups in total. The van der Waals surface area contributed by atoms with Gasteiger partial charge in [0.2, 0.25) is 0 Å². The van der Waals surface area contributed by atoms with Crippen LogP contribution in [0.5, 0.6) is 0 Å². The summed E-state index contributed by atoms with van der Waals surface area (Å²) < 4.78 is 2.41. The standard InChI is InChI=1S/C50H35N/c1-3-12-34(13-4-1)36-22-24-37(25-23-36)46-33-41-16-7-8-19-43(41)47-31-39(26-28-44(46)47)40-27-29-50-48(32-40)45-20-9-10-21-49(45)51(50)42-18-11-17-38(30-42)35-14-5-2-6-15-35/h1-32,46H,33H2. The lowest BCUT2D eigenvalue weighted by molar-refractivity contribution is 0.794. The Bertz CT molecular complexity index is 2700. The third-order valence-electron chi connectivity index (χ3n) is 10.8. The number of hydrogen-bond donors (Lipinski definition) is 0. The zero-order valence-electron chi connectivity index (χ0n) is 28.2. The predicted molar refractivity (Wildman–Crippen MR) is 215 cm³/mol. The molecule has 1 heteroatoms. The van der Waals surface area contributed by atoms with Crippen LogP contribution in [0, 0.1) is 0 Å². The molecule has 1 atom stereocenters. The number of fused-ring (bicyclic) bond motifs is 6. The topological polar surface area (TPSA) is 4.93 Å². The SMILES string of the molecule is c1ccc(-c2ccc(C3Cc4ccccc4-c4cc(-c5ccc6c(c5)c5ccccc5n6-c5cccc(-c6ccccc6)c5)ccc43)cc2)cc1. The third kappa shape index (κ3) is 5.09. The maximum absolute atomic E-state index is 2.43. The van der Waals surface area contributed by atoms with E-state index in [9.17, 15) is 0 Å². The monoisotopic (exact) mass is 649 g/mol. The van der Waals surface area contributed by atoms with Crippen LogP contribution in [0.15, 0.2) is 194 Å². The Hall–Kier alpha value is -6.44. The molecule has 51 heavy (non-hydrogen) atoms. The molecule has 0 radical (unpaired) electrons. The number of aromatic nitrogens is 1. The molecule has 0 aliphatic heterocycles. The zero-order chi connectivity index (χ0) is 33.7. The number of benzene rings is 8. The van der Waals surface area contributed by atoms with Crippen molar-refractivity contribution in [1.82, 2.24) is 4.57 Å². The van der Waals surface area contributed by atoms with Crippen LogP contribution in [0.1, 0.15) is 22.6 Å². The average molecular weight is 650 g/mol. The Labute approximate surface area is 298 Å². The predicted octanol–water partition coefficient (Wildman–Crippen LogP) is 13.1. The summed E-state index contributed by atoms with van der Waals surface area (Å²) in [4.78, 5) is 0. The summed E-state index contributed by atoms with van der Waals surface area (Å²) in [5.41, 5.74) is 17.9. The van der Waals surface area contributed by atoms with E-state index in [-0.39, 0.29) is 0 Å². The van der Waals surface area contributed by atoms with Crippen molar-refractivity contribution in [3.05, 3.63) is 211 Å². The second-order valence-electron chi connectivity index (χ2n) is 13.7. The lowest BCUT2D eigenvalue weighted by Crippen LogP contribution is -2.12. The first-order valence-corrected chi connectivity index (χ1v) is 17.9. The molecule has 1 heterocycles. The highest BCUT2D eigenvalue weighted by Crippen LogP contribution is 2.45. The fourth-order valence-corrected chi connectivity index (χ4v) is 8.29. The van der Waals surface area contributed by atoms with E-state index >= 15 is 0 Å². The van der Waals surface area contributed by atoms with Crippen LogP contribution >= 0.6 is 0 Å². The summed E-state index contributed by atoms with van der Waals surface area (Å²) in [5, 5.41) is 2.53. The van der Waals surface area contributed by atoms with Crippen molar-refractivity contribution in [3.63, 3.8) is 0 Å². The molecule has 1 aromatic heterocycles. The minimum absolute atomic E-state index is 0.306. The molecule has 0 bridgehead atoms. The summed E-state index contributed by atoms with van der Waals surface area (Å²) >= 11 is 0. The molecule has 8 aromatic carbocycles. The van der Waals surface area contributed by atoms with Gasteiger partial charge in [0.05, 0.1) is 11.0 Å². The van der Waals surface area contributed by atoms with Crippen molar-refractivity contribution in [2.24, 2.45) is 0 Å². The summed E-state index contributed by atoms with van der Waals surface area (Å²) in [6.07, 6.45) is 1.00. The van der Waals surface area contributed by atoms with E-state index in [1.165, 1.54) is 88.7 Å². The van der Waals surface area contributed by atoms with E-state index < -0.39 is 0 Å². The first kappa shape index (κ1) is 29.5. The largest absolute Gasteiger partial charge is 0.309 e. The number of para-hydroxylation sites is 1. The van der Waals surface area contributed by atoms with Gasteiger partial charge in [-0.1, -0.05) is 158 Å². The highest BCUT2D eigenvalue weighted by molar-refractivity contribution is 6.10. The fraction of sp³-hybridized carbons (Fsp3) is 0.0400. The van der Waals surface area contributed by atoms with Gasteiger partial charge in [0.25, 0.3) is 0 Å². The highest BCUT2D eigenvalue weighted by atomic mass is 15.0. The molecular weight excluding hydrogens is 615 g/mol. The van der Waals surface area contributed by atoms with Gasteiger partial charge in [-0.15, -0.1) is 0 Å². The van der Waals surface area contributed by atoms with Gasteiger partial charge in [-0.25, -0.2) is 0 Å². The van der Waals surface area contributed by atoms with Gasteiger partial charge in [-0.3, -0.25) is 0 Å². The molecule has 0 saturated carbocycles. The van der Waals surface area contributed by atoms with Crippen molar-refractivity contribution in [1.29, 1.82) is 0 Å². The van der Waals surface area contributed by atoms with Crippen LogP contribution in [-0.2, 0) is 6.42 Å². The Kier molecular flexibility index (Phi) is 7.03. The molecule has 10 rings (SSSR count). The Morgan fingerprint density at radius 2 is 0.961 bits per heavy atom. The summed E-state index contributed by atoms with van der Waals surface area (Å²) in [6, 6.07) is 71.3. The van der Waals surface area contributed by atoms with Crippen LogP contribution in [0.3, 0.4) is 0 Å². The van der Waals surface area contributed by atoms with Crippen LogP contribution in [0.25, 0.3) is 72.0 Å². The first-order chi connectivity index (χ1) is 25.3. The molecule has 0 fully saturated rings. The second-order valence-corrected chi connectivity index (χ2v) is 13.7. The van der Waals surface area contributed by atoms with Crippen LogP contribution in [0.2, 0.25) is 0 Å². The van der Waals surface area contributed by atoms with E-state index in [1.54, 1.807) is 0 Å². The van der Waals surface area contributed by atoms with E-state index in [1.807, 2.05) is 0 Å². The number of nitrogens with zero attached hydrogens (tertiary/aromatic N) is 1. The molecular formula is C50H35N. The van der Waals surface area contributed by atoms with Crippen molar-refractivity contribution >= 4 is 21.8 Å². The van der Waals surface area contributed by atoms with E-state index in [4.69, 9.17) is 0 Å². The normalized spacial score (nSPS) is 13.6. The van der Waals surface area contributed by atoms with Crippen molar-refractivity contribution in [3.8, 4) is 50.2 Å². The smallest absolute Gasteiger partial charge is 0.0541 e. The molecule has 240 valence electrons. The molecule has 0 saturated heterocycles. The minimum atomic E-state index is 0.306. The Balaban J connectivity index is 1.07. The molecule has 1 aliphatic carbocycles. The lowest BCUT2D eigenvalue weighted by Gasteiger charge is -2.29. The molecule has 1 nitrogen and oxygen atoms in total. The van der Waals surface area contributed by atoms with Gasteiger partial charge in [-0.2, -0.15) is 0 Å². The van der Waals surface area contributed by atoms with Gasteiger partial charge in [-0.05, 0) is 104 Å². The highest BCUT2D eigenvalue weighted by Gasteiger charge is 2.26. The average Bonchev–Trinajstić information content (AvgIpc) is 3.55. The van der Waals surface area contributed by atoms with Crippen molar-refractivity contribution in [2.45, 2.75) is 12.3 Å². The van der Waals surface area contributed by atoms with Gasteiger partial charge in [0, 0.05) is 22.4 Å². The molecule has 1 aliphatic rings. The Morgan fingerprint density at radius 3 is 1.78 bits per heavy atom. The minimum Gasteiger partial charge on any atom is -0.309 e.